The zero-order valence-electron chi connectivity index (χ0n) is 9.05. The van der Waals surface area contributed by atoms with Crippen molar-refractivity contribution in [2.75, 3.05) is 7.11 Å². The highest BCUT2D eigenvalue weighted by Gasteiger charge is 2.01. The predicted octanol–water partition coefficient (Wildman–Crippen LogP) is 2.19. The molecule has 0 atom stereocenters. The summed E-state index contributed by atoms with van der Waals surface area (Å²) in [5.74, 6) is 3.39. The quantitative estimate of drug-likeness (QED) is 0.729. The summed E-state index contributed by atoms with van der Waals surface area (Å²) in [5.41, 5.74) is 2.15. The van der Waals surface area contributed by atoms with E-state index >= 15 is 0 Å². The van der Waals surface area contributed by atoms with Crippen LogP contribution < -0.4 is 4.74 Å². The van der Waals surface area contributed by atoms with Crippen LogP contribution in [-0.2, 0) is 6.54 Å². The van der Waals surface area contributed by atoms with Gasteiger partial charge in [-0.05, 0) is 17.7 Å². The Morgan fingerprint density at radius 1 is 1.31 bits per heavy atom. The number of benzene rings is 1. The van der Waals surface area contributed by atoms with Crippen molar-refractivity contribution in [2.24, 2.45) is 0 Å². The van der Waals surface area contributed by atoms with Crippen LogP contribution in [0.5, 0.6) is 5.75 Å². The lowest BCUT2D eigenvalue weighted by Gasteiger charge is -2.00. The Kier molecular flexibility index (Phi) is 2.93. The molecule has 2 rings (SSSR count). The van der Waals surface area contributed by atoms with Gasteiger partial charge in [0.25, 0.3) is 0 Å². The summed E-state index contributed by atoms with van der Waals surface area (Å²) in [7, 11) is 1.65. The smallest absolute Gasteiger partial charge is 0.118 e. The number of hydrogen-bond acceptors (Lipinski definition) is 2. The summed E-state index contributed by atoms with van der Waals surface area (Å²) in [6, 6.07) is 7.84. The molecular formula is C13H12N2O. The zero-order valence-corrected chi connectivity index (χ0v) is 9.05. The number of nitrogens with zero attached hydrogens (tertiary/aromatic N) is 2. The van der Waals surface area contributed by atoms with E-state index in [0.717, 1.165) is 16.9 Å². The third-order valence-electron chi connectivity index (χ3n) is 2.31. The van der Waals surface area contributed by atoms with Crippen LogP contribution in [0.1, 0.15) is 0 Å². The standard InChI is InChI=1S/C13H12N2O/c1-3-8-15-10-12(9-14-15)11-4-6-13(16-2)7-5-11/h1,4-7,9-10H,8H2,2H3. The van der Waals surface area contributed by atoms with Crippen LogP contribution in [0.3, 0.4) is 0 Å². The minimum atomic E-state index is 0.496. The average molecular weight is 212 g/mol. The zero-order chi connectivity index (χ0) is 11.4. The maximum atomic E-state index is 5.22. The molecule has 0 saturated carbocycles. The van der Waals surface area contributed by atoms with E-state index in [1.54, 1.807) is 18.0 Å². The lowest BCUT2D eigenvalue weighted by atomic mass is 10.1. The monoisotopic (exact) mass is 212 g/mol. The van der Waals surface area contributed by atoms with Crippen molar-refractivity contribution < 1.29 is 4.74 Å². The minimum absolute atomic E-state index is 0.496. The van der Waals surface area contributed by atoms with Gasteiger partial charge in [-0.15, -0.1) is 6.42 Å². The number of rotatable bonds is 3. The van der Waals surface area contributed by atoms with Gasteiger partial charge in [-0.2, -0.15) is 5.10 Å². The summed E-state index contributed by atoms with van der Waals surface area (Å²) in [6.45, 7) is 0.496. The van der Waals surface area contributed by atoms with Crippen LogP contribution in [-0.4, -0.2) is 16.9 Å². The predicted molar refractivity (Wildman–Crippen MR) is 63.0 cm³/mol. The maximum Gasteiger partial charge on any atom is 0.118 e. The molecule has 0 aliphatic heterocycles. The van der Waals surface area contributed by atoms with Gasteiger partial charge >= 0.3 is 0 Å². The number of ether oxygens (including phenoxy) is 1. The Morgan fingerprint density at radius 3 is 2.69 bits per heavy atom. The van der Waals surface area contributed by atoms with Gasteiger partial charge in [0, 0.05) is 11.8 Å². The lowest BCUT2D eigenvalue weighted by Crippen LogP contribution is -1.93. The lowest BCUT2D eigenvalue weighted by molar-refractivity contribution is 0.415. The number of methoxy groups -OCH3 is 1. The molecule has 3 heteroatoms. The van der Waals surface area contributed by atoms with E-state index in [4.69, 9.17) is 11.2 Å². The second kappa shape index (κ2) is 4.54. The Balaban J connectivity index is 2.25. The molecule has 0 amide bonds. The van der Waals surface area contributed by atoms with Crippen molar-refractivity contribution in [1.82, 2.24) is 9.78 Å². The largest absolute Gasteiger partial charge is 0.497 e. The fourth-order valence-corrected chi connectivity index (χ4v) is 1.48. The molecule has 0 N–H and O–H groups in total. The third-order valence-corrected chi connectivity index (χ3v) is 2.31. The summed E-state index contributed by atoms with van der Waals surface area (Å²) in [5, 5.41) is 4.17. The summed E-state index contributed by atoms with van der Waals surface area (Å²) in [4.78, 5) is 0. The Hall–Kier alpha value is -2.21. The van der Waals surface area contributed by atoms with Crippen LogP contribution in [0, 0.1) is 12.3 Å². The minimum Gasteiger partial charge on any atom is -0.497 e. The third kappa shape index (κ3) is 2.06. The molecule has 0 fully saturated rings. The first-order chi connectivity index (χ1) is 7.83. The van der Waals surface area contributed by atoms with Crippen molar-refractivity contribution in [1.29, 1.82) is 0 Å². The van der Waals surface area contributed by atoms with E-state index in [2.05, 4.69) is 11.0 Å². The average Bonchev–Trinajstić information content (AvgIpc) is 2.78. The second-order valence-corrected chi connectivity index (χ2v) is 3.36. The van der Waals surface area contributed by atoms with Gasteiger partial charge < -0.3 is 4.74 Å². The highest BCUT2D eigenvalue weighted by Crippen LogP contribution is 2.21. The second-order valence-electron chi connectivity index (χ2n) is 3.36. The van der Waals surface area contributed by atoms with Crippen LogP contribution in [0.15, 0.2) is 36.7 Å². The Morgan fingerprint density at radius 2 is 2.06 bits per heavy atom. The number of aromatic nitrogens is 2. The van der Waals surface area contributed by atoms with Gasteiger partial charge in [0.05, 0.1) is 13.3 Å². The molecular weight excluding hydrogens is 200 g/mol. The molecule has 1 heterocycles. The molecule has 80 valence electrons. The Bertz CT molecular complexity index is 505. The van der Waals surface area contributed by atoms with Crippen molar-refractivity contribution in [3.05, 3.63) is 36.7 Å². The van der Waals surface area contributed by atoms with Crippen LogP contribution in [0.4, 0.5) is 0 Å². The first kappa shape index (κ1) is 10.3. The van der Waals surface area contributed by atoms with Gasteiger partial charge in [-0.1, -0.05) is 18.1 Å². The van der Waals surface area contributed by atoms with Crippen LogP contribution in [0.2, 0.25) is 0 Å². The molecule has 0 aliphatic rings. The van der Waals surface area contributed by atoms with Crippen molar-refractivity contribution in [2.45, 2.75) is 6.54 Å². The van der Waals surface area contributed by atoms with E-state index in [1.807, 2.05) is 30.5 Å². The van der Waals surface area contributed by atoms with Crippen LogP contribution in [0.25, 0.3) is 11.1 Å². The normalized spacial score (nSPS) is 9.75. The van der Waals surface area contributed by atoms with Gasteiger partial charge in [0.15, 0.2) is 0 Å². The van der Waals surface area contributed by atoms with E-state index in [0.29, 0.717) is 6.54 Å². The molecule has 0 saturated heterocycles. The van der Waals surface area contributed by atoms with Crippen molar-refractivity contribution in [3.8, 4) is 29.2 Å². The summed E-state index contributed by atoms with van der Waals surface area (Å²) in [6.07, 6.45) is 8.96. The summed E-state index contributed by atoms with van der Waals surface area (Å²) < 4.78 is 6.84. The molecule has 2 aromatic rings. The molecule has 16 heavy (non-hydrogen) atoms. The fraction of sp³-hybridized carbons (Fsp3) is 0.154. The molecule has 0 spiro atoms. The SMILES string of the molecule is C#CCn1cc(-c2ccc(OC)cc2)cn1. The molecule has 0 bridgehead atoms. The van der Waals surface area contributed by atoms with Gasteiger partial charge in [-0.3, -0.25) is 4.68 Å². The highest BCUT2D eigenvalue weighted by molar-refractivity contribution is 5.62. The number of hydrogen-bond donors (Lipinski definition) is 0. The number of terminal acetylenes is 1. The van der Waals surface area contributed by atoms with E-state index < -0.39 is 0 Å². The van der Waals surface area contributed by atoms with Gasteiger partial charge in [0.1, 0.15) is 12.3 Å². The highest BCUT2D eigenvalue weighted by atomic mass is 16.5. The molecule has 0 radical (unpaired) electrons. The van der Waals surface area contributed by atoms with Crippen molar-refractivity contribution >= 4 is 0 Å². The maximum absolute atomic E-state index is 5.22. The molecule has 1 aromatic carbocycles. The summed E-state index contributed by atoms with van der Waals surface area (Å²) >= 11 is 0. The molecule has 3 nitrogen and oxygen atoms in total. The first-order valence-electron chi connectivity index (χ1n) is 4.94. The van der Waals surface area contributed by atoms with E-state index in [1.165, 1.54) is 0 Å². The van der Waals surface area contributed by atoms with E-state index in [9.17, 15) is 0 Å². The van der Waals surface area contributed by atoms with Gasteiger partial charge in [-0.25, -0.2) is 0 Å². The van der Waals surface area contributed by atoms with Crippen molar-refractivity contribution in [3.63, 3.8) is 0 Å². The van der Waals surface area contributed by atoms with Crippen LogP contribution >= 0.6 is 0 Å². The van der Waals surface area contributed by atoms with Gasteiger partial charge in [0.2, 0.25) is 0 Å². The fourth-order valence-electron chi connectivity index (χ4n) is 1.48. The molecule has 1 aromatic heterocycles. The van der Waals surface area contributed by atoms with E-state index in [-0.39, 0.29) is 0 Å². The molecule has 0 aliphatic carbocycles. The molecule has 0 unspecified atom stereocenters. The Labute approximate surface area is 94.7 Å². The first-order valence-corrected chi connectivity index (χ1v) is 4.94. The topological polar surface area (TPSA) is 27.1 Å².